The standard InChI is InChI=1S/C15H22N2O2/c1-10-4-7-14(13(8-10)15(18)19)16-9-11(2)17(3)12-5-6-12/h4,7-8,11-12,16H,5-6,9H2,1-3H3,(H,18,19). The van der Waals surface area contributed by atoms with Crippen molar-refractivity contribution < 1.29 is 9.90 Å². The Morgan fingerprint density at radius 1 is 1.53 bits per heavy atom. The maximum absolute atomic E-state index is 11.2. The lowest BCUT2D eigenvalue weighted by molar-refractivity contribution is 0.0697. The fourth-order valence-corrected chi connectivity index (χ4v) is 2.23. The van der Waals surface area contributed by atoms with Crippen LogP contribution in [-0.4, -0.2) is 41.7 Å². The van der Waals surface area contributed by atoms with Gasteiger partial charge >= 0.3 is 5.97 Å². The number of nitrogens with one attached hydrogen (secondary N) is 1. The molecule has 0 spiro atoms. The third-order valence-electron chi connectivity index (χ3n) is 3.81. The number of rotatable bonds is 6. The smallest absolute Gasteiger partial charge is 0.337 e. The van der Waals surface area contributed by atoms with Crippen molar-refractivity contribution in [2.24, 2.45) is 0 Å². The zero-order valence-electron chi connectivity index (χ0n) is 11.8. The molecule has 1 unspecified atom stereocenters. The summed E-state index contributed by atoms with van der Waals surface area (Å²) in [6.45, 7) is 4.83. The van der Waals surface area contributed by atoms with Crippen LogP contribution in [0.15, 0.2) is 18.2 Å². The first-order chi connectivity index (χ1) is 8.99. The van der Waals surface area contributed by atoms with Crippen LogP contribution in [0.4, 0.5) is 5.69 Å². The number of nitrogens with zero attached hydrogens (tertiary/aromatic N) is 1. The van der Waals surface area contributed by atoms with Crippen molar-refractivity contribution in [2.45, 2.75) is 38.8 Å². The average molecular weight is 262 g/mol. The van der Waals surface area contributed by atoms with Gasteiger partial charge in [0.15, 0.2) is 0 Å². The van der Waals surface area contributed by atoms with Gasteiger partial charge in [0, 0.05) is 24.3 Å². The molecule has 0 aliphatic heterocycles. The Hall–Kier alpha value is -1.55. The molecule has 0 saturated heterocycles. The van der Waals surface area contributed by atoms with E-state index in [9.17, 15) is 9.90 Å². The van der Waals surface area contributed by atoms with Gasteiger partial charge in [-0.2, -0.15) is 0 Å². The highest BCUT2D eigenvalue weighted by atomic mass is 16.4. The van der Waals surface area contributed by atoms with E-state index in [2.05, 4.69) is 24.2 Å². The van der Waals surface area contributed by atoms with E-state index in [0.29, 0.717) is 23.3 Å². The van der Waals surface area contributed by atoms with Gasteiger partial charge in [-0.1, -0.05) is 11.6 Å². The van der Waals surface area contributed by atoms with Gasteiger partial charge < -0.3 is 10.4 Å². The van der Waals surface area contributed by atoms with Gasteiger partial charge in [-0.25, -0.2) is 4.79 Å². The van der Waals surface area contributed by atoms with Crippen molar-refractivity contribution >= 4 is 11.7 Å². The number of aryl methyl sites for hydroxylation is 1. The summed E-state index contributed by atoms with van der Waals surface area (Å²) in [7, 11) is 2.14. The van der Waals surface area contributed by atoms with Gasteiger partial charge in [-0.15, -0.1) is 0 Å². The summed E-state index contributed by atoms with van der Waals surface area (Å²) in [5, 5.41) is 12.5. The molecule has 1 fully saturated rings. The van der Waals surface area contributed by atoms with E-state index < -0.39 is 5.97 Å². The number of carbonyl (C=O) groups is 1. The van der Waals surface area contributed by atoms with Crippen molar-refractivity contribution in [1.29, 1.82) is 0 Å². The van der Waals surface area contributed by atoms with Gasteiger partial charge in [0.2, 0.25) is 0 Å². The maximum atomic E-state index is 11.2. The second-order valence-corrected chi connectivity index (χ2v) is 5.48. The van der Waals surface area contributed by atoms with E-state index in [4.69, 9.17) is 0 Å². The summed E-state index contributed by atoms with van der Waals surface area (Å²) in [5.41, 5.74) is 2.02. The number of hydrogen-bond acceptors (Lipinski definition) is 3. The summed E-state index contributed by atoms with van der Waals surface area (Å²) in [4.78, 5) is 13.6. The van der Waals surface area contributed by atoms with E-state index >= 15 is 0 Å². The molecule has 1 aromatic carbocycles. The van der Waals surface area contributed by atoms with Gasteiger partial charge in [-0.3, -0.25) is 4.90 Å². The van der Waals surface area contributed by atoms with Gasteiger partial charge in [0.05, 0.1) is 5.56 Å². The maximum Gasteiger partial charge on any atom is 0.337 e. The molecule has 2 N–H and O–H groups in total. The lowest BCUT2D eigenvalue weighted by atomic mass is 10.1. The predicted molar refractivity (Wildman–Crippen MR) is 76.9 cm³/mol. The Balaban J connectivity index is 2.00. The summed E-state index contributed by atoms with van der Waals surface area (Å²) < 4.78 is 0. The van der Waals surface area contributed by atoms with Crippen molar-refractivity contribution in [3.8, 4) is 0 Å². The van der Waals surface area contributed by atoms with Crippen molar-refractivity contribution in [1.82, 2.24) is 4.90 Å². The molecule has 2 rings (SSSR count). The number of anilines is 1. The zero-order chi connectivity index (χ0) is 14.0. The van der Waals surface area contributed by atoms with Crippen LogP contribution in [0.1, 0.15) is 35.7 Å². The summed E-state index contributed by atoms with van der Waals surface area (Å²) in [6, 6.07) is 6.61. The Morgan fingerprint density at radius 3 is 2.79 bits per heavy atom. The topological polar surface area (TPSA) is 52.6 Å². The Kier molecular flexibility index (Phi) is 4.10. The molecule has 0 aromatic heterocycles. The molecule has 4 nitrogen and oxygen atoms in total. The summed E-state index contributed by atoms with van der Waals surface area (Å²) in [5.74, 6) is -0.880. The van der Waals surface area contributed by atoms with E-state index in [1.165, 1.54) is 12.8 Å². The zero-order valence-corrected chi connectivity index (χ0v) is 11.8. The quantitative estimate of drug-likeness (QED) is 0.827. The molecule has 1 saturated carbocycles. The SMILES string of the molecule is Cc1ccc(NCC(C)N(C)C2CC2)c(C(=O)O)c1. The molecular formula is C15H22N2O2. The van der Waals surface area contributed by atoms with Crippen LogP contribution in [0.2, 0.25) is 0 Å². The van der Waals surface area contributed by atoms with Gasteiger partial charge in [-0.05, 0) is 45.9 Å². The largest absolute Gasteiger partial charge is 0.478 e. The molecule has 1 atom stereocenters. The molecule has 0 heterocycles. The fourth-order valence-electron chi connectivity index (χ4n) is 2.23. The molecule has 0 bridgehead atoms. The van der Waals surface area contributed by atoms with Crippen LogP contribution in [0, 0.1) is 6.92 Å². The number of likely N-dealkylation sites (N-methyl/N-ethyl adjacent to an activating group) is 1. The lowest BCUT2D eigenvalue weighted by Gasteiger charge is -2.25. The Bertz CT molecular complexity index is 469. The monoisotopic (exact) mass is 262 g/mol. The van der Waals surface area contributed by atoms with Crippen molar-refractivity contribution in [3.05, 3.63) is 29.3 Å². The second-order valence-electron chi connectivity index (χ2n) is 5.48. The number of benzene rings is 1. The highest BCUT2D eigenvalue weighted by Crippen LogP contribution is 2.27. The molecule has 1 aromatic rings. The molecule has 0 amide bonds. The average Bonchev–Trinajstić information content (AvgIpc) is 3.20. The van der Waals surface area contributed by atoms with E-state index in [1.807, 2.05) is 19.1 Å². The van der Waals surface area contributed by atoms with Crippen LogP contribution in [0.25, 0.3) is 0 Å². The number of aromatic carboxylic acids is 1. The first kappa shape index (κ1) is 13.9. The summed E-state index contributed by atoms with van der Waals surface area (Å²) >= 11 is 0. The molecule has 104 valence electrons. The van der Waals surface area contributed by atoms with E-state index in [-0.39, 0.29) is 0 Å². The number of carboxylic acids is 1. The lowest BCUT2D eigenvalue weighted by Crippen LogP contribution is -2.36. The molecule has 0 radical (unpaired) electrons. The molecule has 1 aliphatic rings. The third kappa shape index (κ3) is 3.47. The molecule has 19 heavy (non-hydrogen) atoms. The number of carboxylic acid groups (broad SMARTS) is 1. The van der Waals surface area contributed by atoms with Gasteiger partial charge in [0.1, 0.15) is 0 Å². The minimum absolute atomic E-state index is 0.348. The van der Waals surface area contributed by atoms with Crippen LogP contribution in [0.3, 0.4) is 0 Å². The van der Waals surface area contributed by atoms with Crippen molar-refractivity contribution in [3.63, 3.8) is 0 Å². The minimum Gasteiger partial charge on any atom is -0.478 e. The first-order valence-corrected chi connectivity index (χ1v) is 6.79. The highest BCUT2D eigenvalue weighted by molar-refractivity contribution is 5.94. The van der Waals surface area contributed by atoms with Crippen LogP contribution in [-0.2, 0) is 0 Å². The number of hydrogen-bond donors (Lipinski definition) is 2. The second kappa shape index (κ2) is 5.61. The normalized spacial score (nSPS) is 16.4. The van der Waals surface area contributed by atoms with Crippen LogP contribution >= 0.6 is 0 Å². The summed E-state index contributed by atoms with van der Waals surface area (Å²) in [6.07, 6.45) is 2.57. The minimum atomic E-state index is -0.880. The molecule has 1 aliphatic carbocycles. The molecular weight excluding hydrogens is 240 g/mol. The van der Waals surface area contributed by atoms with Crippen molar-refractivity contribution in [2.75, 3.05) is 18.9 Å². The van der Waals surface area contributed by atoms with Crippen LogP contribution in [0.5, 0.6) is 0 Å². The Labute approximate surface area is 114 Å². The van der Waals surface area contributed by atoms with Crippen LogP contribution < -0.4 is 5.32 Å². The highest BCUT2D eigenvalue weighted by Gasteiger charge is 2.29. The third-order valence-corrected chi connectivity index (χ3v) is 3.81. The Morgan fingerprint density at radius 2 is 2.21 bits per heavy atom. The fraction of sp³-hybridized carbons (Fsp3) is 0.533. The van der Waals surface area contributed by atoms with Gasteiger partial charge in [0.25, 0.3) is 0 Å². The molecule has 4 heteroatoms. The predicted octanol–water partition coefficient (Wildman–Crippen LogP) is 2.59. The first-order valence-electron chi connectivity index (χ1n) is 6.79. The van der Waals surface area contributed by atoms with E-state index in [1.54, 1.807) is 6.07 Å². The van der Waals surface area contributed by atoms with E-state index in [0.717, 1.165) is 12.1 Å².